The predicted octanol–water partition coefficient (Wildman–Crippen LogP) is 2.97. The highest BCUT2D eigenvalue weighted by molar-refractivity contribution is 7.92. The summed E-state index contributed by atoms with van der Waals surface area (Å²) in [6.45, 7) is 4.00. The average Bonchev–Trinajstić information content (AvgIpc) is 3.13. The maximum atomic E-state index is 12.5. The molecule has 0 amide bonds. The fourth-order valence-corrected chi connectivity index (χ4v) is 3.56. The van der Waals surface area contributed by atoms with Gasteiger partial charge in [-0.15, -0.1) is 0 Å². The van der Waals surface area contributed by atoms with E-state index < -0.39 is 10.0 Å². The Kier molecular flexibility index (Phi) is 5.90. The zero-order valence-corrected chi connectivity index (χ0v) is 16.9. The first-order chi connectivity index (χ1) is 13.3. The first-order valence-corrected chi connectivity index (χ1v) is 10.2. The van der Waals surface area contributed by atoms with Crippen molar-refractivity contribution in [3.05, 3.63) is 65.9 Å². The first-order valence-electron chi connectivity index (χ1n) is 8.34. The van der Waals surface area contributed by atoms with Gasteiger partial charge in [0.2, 0.25) is 5.95 Å². The number of thiocarbonyl (C=S) groups is 1. The molecule has 0 aliphatic carbocycles. The van der Waals surface area contributed by atoms with Crippen LogP contribution in [0.3, 0.4) is 0 Å². The zero-order valence-electron chi connectivity index (χ0n) is 15.3. The maximum Gasteiger partial charge on any atom is 0.264 e. The van der Waals surface area contributed by atoms with Gasteiger partial charge in [0.1, 0.15) is 5.76 Å². The van der Waals surface area contributed by atoms with E-state index in [0.717, 1.165) is 5.76 Å². The van der Waals surface area contributed by atoms with Crippen molar-refractivity contribution in [2.75, 3.05) is 10.0 Å². The number of hydrogen-bond donors (Lipinski definition) is 3. The van der Waals surface area contributed by atoms with Gasteiger partial charge in [0, 0.05) is 17.1 Å². The summed E-state index contributed by atoms with van der Waals surface area (Å²) in [4.78, 5) is 8.29. The molecule has 146 valence electrons. The number of aryl methyl sites for hydroxylation is 2. The smallest absolute Gasteiger partial charge is 0.264 e. The number of anilines is 2. The lowest BCUT2D eigenvalue weighted by Gasteiger charge is -2.11. The SMILES string of the molecule is Cc1cc(C)nc(NS(=O)(=O)c2ccc(NC(=S)NCc3ccco3)cc2)n1. The molecule has 28 heavy (non-hydrogen) atoms. The minimum absolute atomic E-state index is 0.0444. The van der Waals surface area contributed by atoms with E-state index in [0.29, 0.717) is 28.7 Å². The van der Waals surface area contributed by atoms with Crippen LogP contribution in [0, 0.1) is 13.8 Å². The Bertz CT molecular complexity index is 1040. The van der Waals surface area contributed by atoms with Crippen molar-refractivity contribution < 1.29 is 12.8 Å². The second kappa shape index (κ2) is 8.36. The monoisotopic (exact) mass is 417 g/mol. The molecule has 0 saturated carbocycles. The lowest BCUT2D eigenvalue weighted by molar-refractivity contribution is 0.503. The number of sulfonamides is 1. The van der Waals surface area contributed by atoms with Gasteiger partial charge in [0.25, 0.3) is 10.0 Å². The van der Waals surface area contributed by atoms with E-state index in [4.69, 9.17) is 16.6 Å². The summed E-state index contributed by atoms with van der Waals surface area (Å²) in [6, 6.07) is 11.6. The molecule has 0 atom stereocenters. The van der Waals surface area contributed by atoms with Gasteiger partial charge < -0.3 is 15.1 Å². The van der Waals surface area contributed by atoms with Crippen LogP contribution in [-0.4, -0.2) is 23.5 Å². The molecule has 0 radical (unpaired) electrons. The van der Waals surface area contributed by atoms with Crippen LogP contribution in [0.1, 0.15) is 17.1 Å². The molecule has 1 aromatic carbocycles. The van der Waals surface area contributed by atoms with Gasteiger partial charge in [-0.1, -0.05) is 0 Å². The fraction of sp³-hybridized carbons (Fsp3) is 0.167. The number of nitrogens with zero attached hydrogens (tertiary/aromatic N) is 2. The Hall–Kier alpha value is -2.98. The lowest BCUT2D eigenvalue weighted by atomic mass is 10.3. The van der Waals surface area contributed by atoms with Crippen molar-refractivity contribution in [1.29, 1.82) is 0 Å². The molecule has 0 unspecified atom stereocenters. The highest BCUT2D eigenvalue weighted by Gasteiger charge is 2.16. The molecule has 2 aromatic heterocycles. The molecular formula is C18H19N5O3S2. The molecule has 0 spiro atoms. The third kappa shape index (κ3) is 5.27. The summed E-state index contributed by atoms with van der Waals surface area (Å²) in [6.07, 6.45) is 1.59. The second-order valence-electron chi connectivity index (χ2n) is 5.99. The van der Waals surface area contributed by atoms with Crippen molar-refractivity contribution in [3.63, 3.8) is 0 Å². The normalized spacial score (nSPS) is 11.1. The minimum Gasteiger partial charge on any atom is -0.467 e. The van der Waals surface area contributed by atoms with Crippen LogP contribution in [0.15, 0.2) is 58.0 Å². The minimum atomic E-state index is -3.80. The van der Waals surface area contributed by atoms with E-state index in [1.165, 1.54) is 12.1 Å². The number of nitrogens with one attached hydrogen (secondary N) is 3. The molecule has 2 heterocycles. The van der Waals surface area contributed by atoms with Crippen molar-refractivity contribution in [3.8, 4) is 0 Å². The van der Waals surface area contributed by atoms with Gasteiger partial charge in [-0.05, 0) is 68.5 Å². The summed E-state index contributed by atoms with van der Waals surface area (Å²) < 4.78 is 32.7. The van der Waals surface area contributed by atoms with Crippen molar-refractivity contribution in [2.45, 2.75) is 25.3 Å². The number of rotatable bonds is 6. The fourth-order valence-electron chi connectivity index (χ4n) is 2.42. The van der Waals surface area contributed by atoms with E-state index in [-0.39, 0.29) is 10.8 Å². The summed E-state index contributed by atoms with van der Waals surface area (Å²) in [5, 5.41) is 6.38. The third-order valence-corrected chi connectivity index (χ3v) is 5.22. The predicted molar refractivity (Wildman–Crippen MR) is 111 cm³/mol. The molecular weight excluding hydrogens is 398 g/mol. The van der Waals surface area contributed by atoms with Gasteiger partial charge >= 0.3 is 0 Å². The van der Waals surface area contributed by atoms with Crippen molar-refractivity contribution in [1.82, 2.24) is 15.3 Å². The summed E-state index contributed by atoms with van der Waals surface area (Å²) in [5.41, 5.74) is 2.01. The lowest BCUT2D eigenvalue weighted by Crippen LogP contribution is -2.27. The van der Waals surface area contributed by atoms with Crippen LogP contribution in [0.25, 0.3) is 0 Å². The van der Waals surface area contributed by atoms with Gasteiger partial charge in [-0.25, -0.2) is 23.1 Å². The van der Waals surface area contributed by atoms with Crippen LogP contribution in [0.4, 0.5) is 11.6 Å². The van der Waals surface area contributed by atoms with Crippen LogP contribution in [0.5, 0.6) is 0 Å². The highest BCUT2D eigenvalue weighted by Crippen LogP contribution is 2.17. The van der Waals surface area contributed by atoms with Crippen LogP contribution in [0.2, 0.25) is 0 Å². The van der Waals surface area contributed by atoms with E-state index in [9.17, 15) is 8.42 Å². The molecule has 10 heteroatoms. The topological polar surface area (TPSA) is 109 Å². The first kappa shape index (κ1) is 19.8. The van der Waals surface area contributed by atoms with Crippen LogP contribution in [-0.2, 0) is 16.6 Å². The van der Waals surface area contributed by atoms with Crippen molar-refractivity contribution >= 4 is 39.0 Å². The largest absolute Gasteiger partial charge is 0.467 e. The van der Waals surface area contributed by atoms with Gasteiger partial charge in [0.05, 0.1) is 17.7 Å². The van der Waals surface area contributed by atoms with Gasteiger partial charge in [0.15, 0.2) is 5.11 Å². The van der Waals surface area contributed by atoms with E-state index in [2.05, 4.69) is 25.3 Å². The molecule has 8 nitrogen and oxygen atoms in total. The van der Waals surface area contributed by atoms with Gasteiger partial charge in [-0.3, -0.25) is 0 Å². The molecule has 0 aliphatic rings. The average molecular weight is 418 g/mol. The molecule has 0 aliphatic heterocycles. The molecule has 3 rings (SSSR count). The standard InChI is InChI=1S/C18H19N5O3S2/c1-12-10-13(2)21-17(20-12)23-28(24,25)16-7-5-14(6-8-16)22-18(27)19-11-15-4-3-9-26-15/h3-10H,11H2,1-2H3,(H2,19,22,27)(H,20,21,23). The van der Waals surface area contributed by atoms with E-state index in [1.54, 1.807) is 44.4 Å². The molecule has 0 bridgehead atoms. The Morgan fingerprint density at radius 2 is 1.79 bits per heavy atom. The Morgan fingerprint density at radius 1 is 1.11 bits per heavy atom. The second-order valence-corrected chi connectivity index (χ2v) is 8.08. The Labute approximate surface area is 168 Å². The third-order valence-electron chi connectivity index (χ3n) is 3.63. The molecule has 0 fully saturated rings. The number of hydrogen-bond acceptors (Lipinski definition) is 6. The van der Waals surface area contributed by atoms with E-state index >= 15 is 0 Å². The number of furan rings is 1. The maximum absolute atomic E-state index is 12.5. The van der Waals surface area contributed by atoms with Crippen LogP contribution < -0.4 is 15.4 Å². The quantitative estimate of drug-likeness (QED) is 0.525. The van der Waals surface area contributed by atoms with Crippen LogP contribution >= 0.6 is 12.2 Å². The molecule has 3 N–H and O–H groups in total. The summed E-state index contributed by atoms with van der Waals surface area (Å²) in [7, 11) is -3.80. The highest BCUT2D eigenvalue weighted by atomic mass is 32.2. The van der Waals surface area contributed by atoms with E-state index in [1.807, 2.05) is 6.07 Å². The summed E-state index contributed by atoms with van der Waals surface area (Å²) in [5.74, 6) is 0.799. The number of benzene rings is 1. The molecule has 0 saturated heterocycles. The number of aromatic nitrogens is 2. The summed E-state index contributed by atoms with van der Waals surface area (Å²) >= 11 is 5.22. The Balaban J connectivity index is 1.63. The Morgan fingerprint density at radius 3 is 2.39 bits per heavy atom. The molecule has 3 aromatic rings. The van der Waals surface area contributed by atoms with Gasteiger partial charge in [-0.2, -0.15) is 0 Å². The zero-order chi connectivity index (χ0) is 20.1. The van der Waals surface area contributed by atoms with Crippen molar-refractivity contribution in [2.24, 2.45) is 0 Å².